The zero-order valence-electron chi connectivity index (χ0n) is 24.4. The van der Waals surface area contributed by atoms with Crippen LogP contribution in [0.4, 0.5) is 0 Å². The molecule has 1 atom stereocenters. The van der Waals surface area contributed by atoms with E-state index < -0.39 is 15.9 Å². The fraction of sp³-hybridized carbons (Fsp3) is 0.344. The van der Waals surface area contributed by atoms with Crippen LogP contribution < -0.4 is 10.0 Å². The van der Waals surface area contributed by atoms with Gasteiger partial charge < -0.3 is 10.2 Å². The van der Waals surface area contributed by atoms with Crippen molar-refractivity contribution in [1.29, 1.82) is 0 Å². The van der Waals surface area contributed by atoms with Gasteiger partial charge in [-0.3, -0.25) is 14.4 Å². The second kappa shape index (κ2) is 16.5. The molecule has 0 aromatic heterocycles. The molecule has 3 amide bonds. The van der Waals surface area contributed by atoms with Crippen LogP contribution >= 0.6 is 24.2 Å². The summed E-state index contributed by atoms with van der Waals surface area (Å²) in [6, 6.07) is 21.4. The fourth-order valence-corrected chi connectivity index (χ4v) is 6.38. The predicted octanol–water partition coefficient (Wildman–Crippen LogP) is 5.40. The Hall–Kier alpha value is -3.34. The molecule has 43 heavy (non-hydrogen) atoms. The zero-order valence-corrected chi connectivity index (χ0v) is 26.9. The second-order valence-corrected chi connectivity index (χ2v) is 13.1. The van der Waals surface area contributed by atoms with Crippen LogP contribution in [-0.2, 0) is 37.4 Å². The minimum absolute atomic E-state index is 0.0346. The molecule has 3 aromatic rings. The Morgan fingerprint density at radius 1 is 0.930 bits per heavy atom. The average molecular weight is 644 g/mol. The zero-order chi connectivity index (χ0) is 31.4. The third-order valence-corrected chi connectivity index (χ3v) is 8.88. The third kappa shape index (κ3) is 10.7. The van der Waals surface area contributed by atoms with E-state index in [4.69, 9.17) is 11.6 Å². The Morgan fingerprint density at radius 2 is 1.63 bits per heavy atom. The van der Waals surface area contributed by atoms with E-state index in [1.54, 1.807) is 41.3 Å². The summed E-state index contributed by atoms with van der Waals surface area (Å²) in [5.41, 5.74) is 2.69. The highest BCUT2D eigenvalue weighted by molar-refractivity contribution is 7.90. The number of nitrogens with one attached hydrogen (secondary N) is 2. The maximum atomic E-state index is 13.1. The molecule has 0 aliphatic carbocycles. The second-order valence-electron chi connectivity index (χ2n) is 10.3. The Labute approximate surface area is 264 Å². The molecule has 0 radical (unpaired) electrons. The van der Waals surface area contributed by atoms with E-state index in [0.29, 0.717) is 29.1 Å². The van der Waals surface area contributed by atoms with Crippen LogP contribution in [0.15, 0.2) is 77.7 Å². The monoisotopic (exact) mass is 643 g/mol. The number of halogens is 1. The molecule has 0 saturated heterocycles. The molecule has 3 rings (SSSR count). The van der Waals surface area contributed by atoms with E-state index in [9.17, 15) is 22.8 Å². The minimum Gasteiger partial charge on any atom is -0.355 e. The predicted molar refractivity (Wildman–Crippen MR) is 173 cm³/mol. The molecule has 11 heteroatoms. The van der Waals surface area contributed by atoms with Crippen LogP contribution in [0.1, 0.15) is 50.7 Å². The molecular weight excluding hydrogens is 606 g/mol. The van der Waals surface area contributed by atoms with Gasteiger partial charge in [0.15, 0.2) is 0 Å². The highest BCUT2D eigenvalue weighted by Crippen LogP contribution is 2.33. The summed E-state index contributed by atoms with van der Waals surface area (Å²) < 4.78 is 27.5. The highest BCUT2D eigenvalue weighted by Gasteiger charge is 2.22. The number of sulfonamides is 1. The van der Waals surface area contributed by atoms with Crippen molar-refractivity contribution in [3.63, 3.8) is 0 Å². The van der Waals surface area contributed by atoms with Crippen molar-refractivity contribution in [3.8, 4) is 11.1 Å². The fourth-order valence-electron chi connectivity index (χ4n) is 4.56. The van der Waals surface area contributed by atoms with Crippen molar-refractivity contribution in [1.82, 2.24) is 14.9 Å². The lowest BCUT2D eigenvalue weighted by Crippen LogP contribution is -2.36. The highest BCUT2D eigenvalue weighted by atomic mass is 35.5. The summed E-state index contributed by atoms with van der Waals surface area (Å²) in [4.78, 5) is 38.7. The van der Waals surface area contributed by atoms with E-state index in [0.717, 1.165) is 37.3 Å². The maximum absolute atomic E-state index is 13.1. The molecule has 230 valence electrons. The summed E-state index contributed by atoms with van der Waals surface area (Å²) in [7, 11) is -4.10. The Bertz CT molecular complexity index is 1520. The van der Waals surface area contributed by atoms with Gasteiger partial charge in [0, 0.05) is 60.8 Å². The molecule has 0 unspecified atom stereocenters. The number of thiol groups is 1. The summed E-state index contributed by atoms with van der Waals surface area (Å²) in [6.07, 6.45) is 2.85. The van der Waals surface area contributed by atoms with Crippen LogP contribution in [0.3, 0.4) is 0 Å². The summed E-state index contributed by atoms with van der Waals surface area (Å²) >= 11 is 11.2. The molecule has 0 aliphatic rings. The van der Waals surface area contributed by atoms with Crippen molar-refractivity contribution < 1.29 is 22.8 Å². The molecule has 0 spiro atoms. The van der Waals surface area contributed by atoms with Crippen molar-refractivity contribution in [2.45, 2.75) is 62.6 Å². The summed E-state index contributed by atoms with van der Waals surface area (Å²) in [6.45, 7) is 4.03. The first-order chi connectivity index (χ1) is 20.5. The van der Waals surface area contributed by atoms with Crippen LogP contribution in [0.25, 0.3) is 11.1 Å². The van der Waals surface area contributed by atoms with Gasteiger partial charge >= 0.3 is 0 Å². The first-order valence-corrected chi connectivity index (χ1v) is 16.6. The smallest absolute Gasteiger partial charge is 0.264 e. The van der Waals surface area contributed by atoms with Gasteiger partial charge in [-0.1, -0.05) is 85.6 Å². The molecular formula is C32H38ClN3O5S2. The van der Waals surface area contributed by atoms with Gasteiger partial charge in [0.05, 0.1) is 4.90 Å². The largest absolute Gasteiger partial charge is 0.355 e. The summed E-state index contributed by atoms with van der Waals surface area (Å²) in [5, 5.41) is 3.18. The van der Waals surface area contributed by atoms with Crippen LogP contribution in [0.5, 0.6) is 0 Å². The first-order valence-electron chi connectivity index (χ1n) is 14.2. The Balaban J connectivity index is 1.70. The Kier molecular flexibility index (Phi) is 13.1. The first kappa shape index (κ1) is 34.2. The average Bonchev–Trinajstić information content (AvgIpc) is 2.97. The number of hydrogen-bond acceptors (Lipinski definition) is 6. The van der Waals surface area contributed by atoms with Gasteiger partial charge in [0.2, 0.25) is 17.7 Å². The lowest BCUT2D eigenvalue weighted by atomic mass is 10.0. The van der Waals surface area contributed by atoms with Crippen molar-refractivity contribution in [3.05, 3.63) is 88.9 Å². The van der Waals surface area contributed by atoms with E-state index in [1.807, 2.05) is 42.0 Å². The lowest BCUT2D eigenvalue weighted by molar-refractivity contribution is -0.132. The summed E-state index contributed by atoms with van der Waals surface area (Å²) in [5.74, 6) is -0.918. The van der Waals surface area contributed by atoms with E-state index in [2.05, 4.69) is 17.9 Å². The van der Waals surface area contributed by atoms with Gasteiger partial charge in [-0.05, 0) is 36.1 Å². The van der Waals surface area contributed by atoms with Gasteiger partial charge in [-0.2, -0.15) is 12.6 Å². The van der Waals surface area contributed by atoms with Gasteiger partial charge in [-0.25, -0.2) is 13.1 Å². The normalized spacial score (nSPS) is 11.9. The lowest BCUT2D eigenvalue weighted by Gasteiger charge is -2.23. The van der Waals surface area contributed by atoms with E-state index in [-0.39, 0.29) is 41.5 Å². The van der Waals surface area contributed by atoms with Crippen LogP contribution in [0, 0.1) is 0 Å². The van der Waals surface area contributed by atoms with Gasteiger partial charge in [0.1, 0.15) is 0 Å². The molecule has 0 fully saturated rings. The Morgan fingerprint density at radius 3 is 2.30 bits per heavy atom. The standard InChI is InChI=1S/C32H38ClN3O5S2/c1-3-4-14-32(39)36(18-17-31(38)34-21-26(42)19-24-10-6-5-7-11-24)22-25-15-16-27(29(33)20-25)28-12-8-9-13-30(28)43(40,41)35-23(2)37/h5-13,15-16,20,26,42H,3-4,14,17-19,21-22H2,1-2H3,(H,34,38)(H,35,37)/t26-/m1/s1. The van der Waals surface area contributed by atoms with E-state index in [1.165, 1.54) is 6.07 Å². The number of carbonyl (C=O) groups is 3. The number of hydrogen-bond donors (Lipinski definition) is 3. The molecule has 3 aromatic carbocycles. The maximum Gasteiger partial charge on any atom is 0.264 e. The van der Waals surface area contributed by atoms with Crippen molar-refractivity contribution in [2.75, 3.05) is 13.1 Å². The molecule has 0 heterocycles. The number of carbonyl (C=O) groups excluding carboxylic acids is 3. The van der Waals surface area contributed by atoms with Crippen LogP contribution in [-0.4, -0.2) is 49.4 Å². The van der Waals surface area contributed by atoms with E-state index >= 15 is 0 Å². The number of amides is 3. The number of unbranched alkanes of at least 4 members (excludes halogenated alkanes) is 1. The topological polar surface area (TPSA) is 113 Å². The molecule has 0 bridgehead atoms. The number of rotatable bonds is 15. The molecule has 2 N–H and O–H groups in total. The van der Waals surface area contributed by atoms with Gasteiger partial charge in [-0.15, -0.1) is 0 Å². The van der Waals surface area contributed by atoms with Gasteiger partial charge in [0.25, 0.3) is 10.0 Å². The third-order valence-electron chi connectivity index (χ3n) is 6.71. The van der Waals surface area contributed by atoms with Crippen molar-refractivity contribution in [2.24, 2.45) is 0 Å². The van der Waals surface area contributed by atoms with Crippen molar-refractivity contribution >= 4 is 52.0 Å². The SMILES string of the molecule is CCCCC(=O)N(CCC(=O)NC[C@H](S)Cc1ccccc1)Cc1ccc(-c2ccccc2S(=O)(=O)NC(C)=O)c(Cl)c1. The number of benzene rings is 3. The molecule has 0 saturated carbocycles. The van der Waals surface area contributed by atoms with Crippen LogP contribution in [0.2, 0.25) is 5.02 Å². The minimum atomic E-state index is -4.10. The quantitative estimate of drug-likeness (QED) is 0.192. The molecule has 0 aliphatic heterocycles. The number of nitrogens with zero attached hydrogens (tertiary/aromatic N) is 1. The molecule has 8 nitrogen and oxygen atoms in total.